The number of hydrogen-bond acceptors (Lipinski definition) is 3. The monoisotopic (exact) mass is 399 g/mol. The molecular formula is C20H18BrNO3. The van der Waals surface area contributed by atoms with Gasteiger partial charge in [-0.2, -0.15) is 0 Å². The molecular weight excluding hydrogens is 382 g/mol. The van der Waals surface area contributed by atoms with Crippen LogP contribution >= 0.6 is 15.9 Å². The number of rotatable bonds is 3. The molecule has 1 aliphatic heterocycles. The van der Waals surface area contributed by atoms with E-state index in [0.29, 0.717) is 13.0 Å². The zero-order valence-electron chi connectivity index (χ0n) is 13.8. The predicted octanol–water partition coefficient (Wildman–Crippen LogP) is 4.69. The molecule has 128 valence electrons. The molecule has 2 heterocycles. The van der Waals surface area contributed by atoms with Crippen molar-refractivity contribution in [2.45, 2.75) is 25.8 Å². The van der Waals surface area contributed by atoms with Gasteiger partial charge in [0.1, 0.15) is 11.3 Å². The molecule has 5 heteroatoms. The zero-order chi connectivity index (χ0) is 17.4. The normalized spacial score (nSPS) is 16.3. The first kappa shape index (κ1) is 16.2. The smallest absolute Gasteiger partial charge is 0.225 e. The Bertz CT molecular complexity index is 947. The van der Waals surface area contributed by atoms with Crippen LogP contribution in [0.4, 0.5) is 0 Å². The molecule has 1 aromatic heterocycles. The second kappa shape index (κ2) is 6.56. The van der Waals surface area contributed by atoms with E-state index in [1.807, 2.05) is 43.3 Å². The minimum Gasteiger partial charge on any atom is -0.493 e. The highest BCUT2D eigenvalue weighted by Crippen LogP contribution is 2.34. The first-order valence-corrected chi connectivity index (χ1v) is 9.08. The third-order valence-corrected chi connectivity index (χ3v) is 5.00. The van der Waals surface area contributed by atoms with Crippen molar-refractivity contribution in [2.75, 3.05) is 6.61 Å². The molecule has 4 rings (SSSR count). The second-order valence-corrected chi connectivity index (χ2v) is 7.29. The van der Waals surface area contributed by atoms with Crippen LogP contribution in [0.25, 0.3) is 11.0 Å². The Morgan fingerprint density at radius 3 is 3.04 bits per heavy atom. The van der Waals surface area contributed by atoms with Crippen LogP contribution < -0.4 is 10.1 Å². The van der Waals surface area contributed by atoms with E-state index in [1.165, 1.54) is 0 Å². The van der Waals surface area contributed by atoms with Crippen LogP contribution in [0.5, 0.6) is 5.75 Å². The van der Waals surface area contributed by atoms with Gasteiger partial charge in [-0.05, 0) is 36.8 Å². The molecule has 1 amide bonds. The van der Waals surface area contributed by atoms with Gasteiger partial charge in [0.15, 0.2) is 0 Å². The highest BCUT2D eigenvalue weighted by atomic mass is 79.9. The van der Waals surface area contributed by atoms with Gasteiger partial charge in [-0.25, -0.2) is 0 Å². The molecule has 0 saturated heterocycles. The summed E-state index contributed by atoms with van der Waals surface area (Å²) in [6.45, 7) is 2.63. The fourth-order valence-electron chi connectivity index (χ4n) is 3.26. The Hall–Kier alpha value is -2.27. The van der Waals surface area contributed by atoms with E-state index in [9.17, 15) is 4.79 Å². The number of carbonyl (C=O) groups excluding carboxylic acids is 1. The van der Waals surface area contributed by atoms with Crippen molar-refractivity contribution >= 4 is 32.8 Å². The summed E-state index contributed by atoms with van der Waals surface area (Å²) in [5, 5.41) is 4.13. The maximum atomic E-state index is 12.6. The summed E-state index contributed by atoms with van der Waals surface area (Å²) in [5.74, 6) is 0.824. The number of ether oxygens (including phenoxy) is 1. The van der Waals surface area contributed by atoms with Gasteiger partial charge in [-0.15, -0.1) is 0 Å². The summed E-state index contributed by atoms with van der Waals surface area (Å²) in [6.07, 6.45) is 2.75. The molecule has 0 fully saturated rings. The van der Waals surface area contributed by atoms with E-state index in [0.717, 1.165) is 44.3 Å². The van der Waals surface area contributed by atoms with Gasteiger partial charge in [-0.1, -0.05) is 28.1 Å². The minimum atomic E-state index is -0.0332. The number of hydrogen-bond donors (Lipinski definition) is 1. The van der Waals surface area contributed by atoms with E-state index >= 15 is 0 Å². The minimum absolute atomic E-state index is 0.0129. The number of fused-ring (bicyclic) bond motifs is 2. The lowest BCUT2D eigenvalue weighted by Gasteiger charge is -2.27. The molecule has 0 aliphatic carbocycles. The number of amides is 1. The van der Waals surface area contributed by atoms with Crippen LogP contribution in [-0.4, -0.2) is 12.5 Å². The first-order chi connectivity index (χ1) is 12.1. The van der Waals surface area contributed by atoms with Crippen molar-refractivity contribution in [2.24, 2.45) is 0 Å². The molecule has 0 spiro atoms. The van der Waals surface area contributed by atoms with Gasteiger partial charge >= 0.3 is 0 Å². The van der Waals surface area contributed by atoms with Crippen LogP contribution in [0.1, 0.15) is 29.2 Å². The first-order valence-electron chi connectivity index (χ1n) is 8.28. The van der Waals surface area contributed by atoms with Crippen molar-refractivity contribution in [1.82, 2.24) is 5.32 Å². The van der Waals surface area contributed by atoms with Crippen molar-refractivity contribution in [3.8, 4) is 5.75 Å². The Morgan fingerprint density at radius 2 is 2.16 bits per heavy atom. The highest BCUT2D eigenvalue weighted by Gasteiger charge is 2.23. The van der Waals surface area contributed by atoms with Crippen molar-refractivity contribution in [3.63, 3.8) is 0 Å². The standard InChI is InChI=1S/C20H18BrNO3/c1-12-2-4-15-13(11-25-19(15)8-12)9-20(23)22-17-6-7-24-18-5-3-14(21)10-16(17)18/h2-5,8,10-11,17H,6-7,9H2,1H3,(H,22,23). The fourth-order valence-corrected chi connectivity index (χ4v) is 3.64. The molecule has 1 aliphatic rings. The van der Waals surface area contributed by atoms with Crippen molar-refractivity contribution < 1.29 is 13.9 Å². The lowest BCUT2D eigenvalue weighted by atomic mass is 10.00. The quantitative estimate of drug-likeness (QED) is 0.694. The van der Waals surface area contributed by atoms with E-state index in [1.54, 1.807) is 6.26 Å². The van der Waals surface area contributed by atoms with Crippen LogP contribution in [0.3, 0.4) is 0 Å². The molecule has 0 bridgehead atoms. The highest BCUT2D eigenvalue weighted by molar-refractivity contribution is 9.10. The van der Waals surface area contributed by atoms with Crippen LogP contribution in [-0.2, 0) is 11.2 Å². The fraction of sp³-hybridized carbons (Fsp3) is 0.250. The van der Waals surface area contributed by atoms with Crippen LogP contribution in [0, 0.1) is 6.92 Å². The van der Waals surface area contributed by atoms with Crippen molar-refractivity contribution in [1.29, 1.82) is 0 Å². The van der Waals surface area contributed by atoms with Crippen LogP contribution in [0.15, 0.2) is 51.6 Å². The molecule has 4 nitrogen and oxygen atoms in total. The number of benzene rings is 2. The van der Waals surface area contributed by atoms with E-state index in [2.05, 4.69) is 21.2 Å². The zero-order valence-corrected chi connectivity index (χ0v) is 15.4. The molecule has 0 radical (unpaired) electrons. The van der Waals surface area contributed by atoms with E-state index < -0.39 is 0 Å². The summed E-state index contributed by atoms with van der Waals surface area (Å²) in [6, 6.07) is 11.9. The van der Waals surface area contributed by atoms with Gasteiger partial charge in [0.25, 0.3) is 0 Å². The van der Waals surface area contributed by atoms with Gasteiger partial charge in [0.05, 0.1) is 25.3 Å². The van der Waals surface area contributed by atoms with Gasteiger partial charge in [0.2, 0.25) is 5.91 Å². The maximum absolute atomic E-state index is 12.6. The Morgan fingerprint density at radius 1 is 1.28 bits per heavy atom. The number of carbonyl (C=O) groups is 1. The second-order valence-electron chi connectivity index (χ2n) is 6.38. The summed E-state index contributed by atoms with van der Waals surface area (Å²) < 4.78 is 12.2. The summed E-state index contributed by atoms with van der Waals surface area (Å²) >= 11 is 3.48. The van der Waals surface area contributed by atoms with Crippen molar-refractivity contribution in [3.05, 3.63) is 63.8 Å². The molecule has 2 aromatic carbocycles. The Labute approximate surface area is 154 Å². The molecule has 1 N–H and O–H groups in total. The summed E-state index contributed by atoms with van der Waals surface area (Å²) in [7, 11) is 0. The average Bonchev–Trinajstić information content (AvgIpc) is 2.97. The Balaban J connectivity index is 1.52. The number of aryl methyl sites for hydroxylation is 1. The number of furan rings is 1. The summed E-state index contributed by atoms with van der Waals surface area (Å²) in [5.41, 5.74) is 3.89. The topological polar surface area (TPSA) is 51.5 Å². The maximum Gasteiger partial charge on any atom is 0.225 e. The lowest BCUT2D eigenvalue weighted by molar-refractivity contribution is -0.121. The Kier molecular flexibility index (Phi) is 4.25. The third-order valence-electron chi connectivity index (χ3n) is 4.51. The SMILES string of the molecule is Cc1ccc2c(CC(=O)NC3CCOc4ccc(Br)cc43)coc2c1. The third kappa shape index (κ3) is 3.29. The van der Waals surface area contributed by atoms with Gasteiger partial charge in [0, 0.05) is 27.4 Å². The van der Waals surface area contributed by atoms with E-state index in [-0.39, 0.29) is 11.9 Å². The molecule has 3 aromatic rings. The average molecular weight is 400 g/mol. The van der Waals surface area contributed by atoms with Gasteiger partial charge in [-0.3, -0.25) is 4.79 Å². The lowest BCUT2D eigenvalue weighted by Crippen LogP contribution is -2.33. The molecule has 1 atom stereocenters. The molecule has 25 heavy (non-hydrogen) atoms. The van der Waals surface area contributed by atoms with Crippen LogP contribution in [0.2, 0.25) is 0 Å². The molecule has 1 unspecified atom stereocenters. The number of nitrogens with one attached hydrogen (secondary N) is 1. The predicted molar refractivity (Wildman–Crippen MR) is 99.8 cm³/mol. The van der Waals surface area contributed by atoms with E-state index in [4.69, 9.17) is 9.15 Å². The van der Waals surface area contributed by atoms with Gasteiger partial charge < -0.3 is 14.5 Å². The number of halogens is 1. The molecule has 0 saturated carbocycles. The largest absolute Gasteiger partial charge is 0.493 e. The summed E-state index contributed by atoms with van der Waals surface area (Å²) in [4.78, 5) is 12.6.